The van der Waals surface area contributed by atoms with Crippen LogP contribution in [0.1, 0.15) is 39.2 Å². The molecule has 4 heterocycles. The maximum Gasteiger partial charge on any atom is 0.410 e. The van der Waals surface area contributed by atoms with E-state index < -0.39 is 22.9 Å². The summed E-state index contributed by atoms with van der Waals surface area (Å²) < 4.78 is 22.3. The fourth-order valence-electron chi connectivity index (χ4n) is 5.37. The number of fused-ring (bicyclic) bond motifs is 4. The SMILES string of the molecule is CN(C)C1CN(c2nc3c(F)c(Br)c(I)cc3c3c2NC(=O)C32CCCN(C(=O)OC(C)(C)C)C2)C1. The quantitative estimate of drug-likeness (QED) is 0.368. The van der Waals surface area contributed by atoms with Crippen molar-refractivity contribution in [3.63, 3.8) is 0 Å². The Kier molecular flexibility index (Phi) is 6.43. The Morgan fingerprint density at radius 1 is 1.36 bits per heavy atom. The number of likely N-dealkylation sites (tertiary alicyclic amines) is 1. The molecule has 3 aliphatic heterocycles. The summed E-state index contributed by atoms with van der Waals surface area (Å²) in [6, 6.07) is 2.24. The molecule has 1 atom stereocenters. The number of hydrogen-bond acceptors (Lipinski definition) is 6. The molecule has 0 saturated carbocycles. The van der Waals surface area contributed by atoms with Gasteiger partial charge in [-0.1, -0.05) is 0 Å². The highest BCUT2D eigenvalue weighted by molar-refractivity contribution is 14.1. The molecule has 0 bridgehead atoms. The van der Waals surface area contributed by atoms with Crippen molar-refractivity contribution in [2.24, 2.45) is 0 Å². The van der Waals surface area contributed by atoms with Crippen molar-refractivity contribution >= 4 is 72.9 Å². The fraction of sp³-hybridized carbons (Fsp3) is 0.560. The summed E-state index contributed by atoms with van der Waals surface area (Å²) in [7, 11) is 4.06. The van der Waals surface area contributed by atoms with Gasteiger partial charge in [0.15, 0.2) is 11.6 Å². The zero-order chi connectivity index (χ0) is 26.2. The second kappa shape index (κ2) is 8.93. The van der Waals surface area contributed by atoms with Gasteiger partial charge >= 0.3 is 6.09 Å². The minimum Gasteiger partial charge on any atom is -0.444 e. The molecular formula is C25H30BrFIN5O3. The Balaban J connectivity index is 1.67. The van der Waals surface area contributed by atoms with Crippen LogP contribution in [-0.2, 0) is 14.9 Å². The second-order valence-electron chi connectivity index (χ2n) is 11.1. The molecule has 36 heavy (non-hydrogen) atoms. The smallest absolute Gasteiger partial charge is 0.410 e. The zero-order valence-electron chi connectivity index (χ0n) is 21.0. The van der Waals surface area contributed by atoms with Gasteiger partial charge in [0.25, 0.3) is 0 Å². The molecule has 8 nitrogen and oxygen atoms in total. The van der Waals surface area contributed by atoms with Crippen LogP contribution in [0.3, 0.4) is 0 Å². The Morgan fingerprint density at radius 3 is 2.69 bits per heavy atom. The van der Waals surface area contributed by atoms with E-state index in [0.29, 0.717) is 50.4 Å². The van der Waals surface area contributed by atoms with E-state index in [9.17, 15) is 9.59 Å². The summed E-state index contributed by atoms with van der Waals surface area (Å²) in [5, 5.41) is 3.71. The third-order valence-electron chi connectivity index (χ3n) is 7.29. The van der Waals surface area contributed by atoms with Gasteiger partial charge in [-0.05, 0) is 92.3 Å². The largest absolute Gasteiger partial charge is 0.444 e. The Morgan fingerprint density at radius 2 is 2.06 bits per heavy atom. The summed E-state index contributed by atoms with van der Waals surface area (Å²) in [5.41, 5.74) is -0.0515. The van der Waals surface area contributed by atoms with Gasteiger partial charge in [0, 0.05) is 46.7 Å². The summed E-state index contributed by atoms with van der Waals surface area (Å²) in [6.07, 6.45) is 0.743. The van der Waals surface area contributed by atoms with Gasteiger partial charge in [0.2, 0.25) is 5.91 Å². The minimum atomic E-state index is -1.00. The number of nitrogens with zero attached hydrogens (tertiary/aromatic N) is 4. The van der Waals surface area contributed by atoms with Crippen molar-refractivity contribution < 1.29 is 18.7 Å². The number of carbonyl (C=O) groups excluding carboxylic acids is 2. The molecule has 2 amide bonds. The van der Waals surface area contributed by atoms with Crippen LogP contribution in [0.25, 0.3) is 10.9 Å². The third kappa shape index (κ3) is 4.14. The third-order valence-corrected chi connectivity index (χ3v) is 9.65. The summed E-state index contributed by atoms with van der Waals surface area (Å²) in [4.78, 5) is 37.4. The Hall–Kier alpha value is -1.73. The molecule has 2 aromatic rings. The average Bonchev–Trinajstić information content (AvgIpc) is 3.02. The molecule has 1 aromatic heterocycles. The van der Waals surface area contributed by atoms with Crippen LogP contribution in [0.4, 0.5) is 20.7 Å². The van der Waals surface area contributed by atoms with Crippen molar-refractivity contribution in [2.75, 3.05) is 50.5 Å². The van der Waals surface area contributed by atoms with Crippen molar-refractivity contribution in [2.45, 2.75) is 50.7 Å². The summed E-state index contributed by atoms with van der Waals surface area (Å²) in [5.74, 6) is -0.0357. The number of piperidine rings is 1. The standard InChI is InChI=1S/C25H30BrFIN5O3/c1-24(2,3)36-23(35)32-8-6-7-25(12-32)16-14-9-15(28)17(26)18(27)19(14)29-21(20(16)30-22(25)34)33-10-13(11-33)31(4)5/h9,13H,6-8,10-12H2,1-5H3,(H,30,34). The minimum absolute atomic E-state index is 0.174. The normalized spacial score (nSPS) is 22.3. The highest BCUT2D eigenvalue weighted by Crippen LogP contribution is 2.51. The van der Waals surface area contributed by atoms with Crippen molar-refractivity contribution in [3.05, 3.63) is 25.5 Å². The number of pyridine rings is 1. The fourth-order valence-corrected chi connectivity index (χ4v) is 6.22. The number of rotatable bonds is 2. The lowest BCUT2D eigenvalue weighted by atomic mass is 9.73. The number of aromatic nitrogens is 1. The zero-order valence-corrected chi connectivity index (χ0v) is 24.8. The molecule has 1 spiro atoms. The molecule has 2 saturated heterocycles. The van der Waals surface area contributed by atoms with Gasteiger partial charge in [-0.25, -0.2) is 14.2 Å². The van der Waals surface area contributed by atoms with E-state index in [1.165, 1.54) is 0 Å². The van der Waals surface area contributed by atoms with Crippen molar-refractivity contribution in [1.82, 2.24) is 14.8 Å². The first-order chi connectivity index (χ1) is 16.8. The number of halogens is 3. The van der Waals surface area contributed by atoms with Crippen LogP contribution in [0.2, 0.25) is 0 Å². The van der Waals surface area contributed by atoms with E-state index in [4.69, 9.17) is 9.72 Å². The van der Waals surface area contributed by atoms with Gasteiger partial charge < -0.3 is 24.8 Å². The number of benzene rings is 1. The van der Waals surface area contributed by atoms with E-state index >= 15 is 4.39 Å². The lowest BCUT2D eigenvalue weighted by Gasteiger charge is -2.44. The highest BCUT2D eigenvalue weighted by atomic mass is 127. The number of ether oxygens (including phenoxy) is 1. The number of likely N-dealkylation sites (N-methyl/N-ethyl adjacent to an activating group) is 1. The maximum absolute atomic E-state index is 15.6. The Bertz CT molecular complexity index is 1280. The van der Waals surface area contributed by atoms with Gasteiger partial charge in [0.1, 0.15) is 11.1 Å². The lowest BCUT2D eigenvalue weighted by Crippen LogP contribution is -2.57. The number of amides is 2. The van der Waals surface area contributed by atoms with Crippen LogP contribution in [0.5, 0.6) is 0 Å². The highest BCUT2D eigenvalue weighted by Gasteiger charge is 2.53. The monoisotopic (exact) mass is 673 g/mol. The molecule has 1 unspecified atom stereocenters. The molecule has 1 N–H and O–H groups in total. The molecule has 3 aliphatic rings. The molecule has 5 rings (SSSR count). The Labute approximate surface area is 232 Å². The molecular weight excluding hydrogens is 644 g/mol. The van der Waals surface area contributed by atoms with Gasteiger partial charge in [-0.15, -0.1) is 0 Å². The molecule has 1 aromatic carbocycles. The second-order valence-corrected chi connectivity index (χ2v) is 13.1. The molecule has 0 aliphatic carbocycles. The first kappa shape index (κ1) is 25.9. The predicted molar refractivity (Wildman–Crippen MR) is 149 cm³/mol. The van der Waals surface area contributed by atoms with Crippen molar-refractivity contribution in [1.29, 1.82) is 0 Å². The van der Waals surface area contributed by atoms with Gasteiger partial charge in [-0.2, -0.15) is 0 Å². The van der Waals surface area contributed by atoms with E-state index in [0.717, 1.165) is 18.7 Å². The molecule has 194 valence electrons. The van der Waals surface area contributed by atoms with Crippen LogP contribution in [0, 0.1) is 9.39 Å². The van der Waals surface area contributed by atoms with E-state index in [1.807, 2.05) is 40.9 Å². The van der Waals surface area contributed by atoms with Gasteiger partial charge in [0.05, 0.1) is 15.6 Å². The predicted octanol–water partition coefficient (Wildman–Crippen LogP) is 4.71. The number of anilines is 2. The molecule has 11 heteroatoms. The topological polar surface area (TPSA) is 78.0 Å². The van der Waals surface area contributed by atoms with Crippen LogP contribution in [-0.4, -0.2) is 78.7 Å². The number of hydrogen-bond donors (Lipinski definition) is 1. The average molecular weight is 674 g/mol. The van der Waals surface area contributed by atoms with E-state index in [1.54, 1.807) is 4.90 Å². The van der Waals surface area contributed by atoms with Crippen LogP contribution in [0.15, 0.2) is 10.5 Å². The first-order valence-electron chi connectivity index (χ1n) is 12.0. The maximum atomic E-state index is 15.6. The van der Waals surface area contributed by atoms with Gasteiger partial charge in [-0.3, -0.25) is 4.79 Å². The lowest BCUT2D eigenvalue weighted by molar-refractivity contribution is -0.122. The molecule has 0 radical (unpaired) electrons. The van der Waals surface area contributed by atoms with Crippen LogP contribution >= 0.6 is 38.5 Å². The first-order valence-corrected chi connectivity index (χ1v) is 13.9. The van der Waals surface area contributed by atoms with Crippen molar-refractivity contribution in [3.8, 4) is 0 Å². The van der Waals surface area contributed by atoms with Crippen LogP contribution < -0.4 is 10.2 Å². The summed E-state index contributed by atoms with van der Waals surface area (Å²) in [6.45, 7) is 7.62. The summed E-state index contributed by atoms with van der Waals surface area (Å²) >= 11 is 5.45. The number of carbonyl (C=O) groups is 2. The van der Waals surface area contributed by atoms with E-state index in [2.05, 4.69) is 53.6 Å². The van der Waals surface area contributed by atoms with E-state index in [-0.39, 0.29) is 18.0 Å². The number of nitrogens with one attached hydrogen (secondary N) is 1. The molecule has 2 fully saturated rings.